The standard InChI is InChI=1S/C26H24O5/c1-6-13(2)21(28)19-22(29-5)18-20-25(26(20,3)4)31-23(18)17-15(12-16(27)30-24(17)19)14-10-8-7-9-11-14/h6-12,20,25H,1-5H3/b13-6-. The van der Waals surface area contributed by atoms with Crippen LogP contribution in [0.2, 0.25) is 0 Å². The van der Waals surface area contributed by atoms with Crippen molar-refractivity contribution < 1.29 is 18.7 Å². The fraction of sp³-hybridized carbons (Fsp3) is 0.308. The topological polar surface area (TPSA) is 65.7 Å². The molecule has 3 aromatic rings. The summed E-state index contributed by atoms with van der Waals surface area (Å²) in [6, 6.07) is 11.1. The minimum Gasteiger partial charge on any atom is -0.495 e. The zero-order valence-electron chi connectivity index (χ0n) is 18.2. The van der Waals surface area contributed by atoms with Gasteiger partial charge in [0.25, 0.3) is 0 Å². The number of hydrogen-bond acceptors (Lipinski definition) is 5. The van der Waals surface area contributed by atoms with Crippen LogP contribution in [0.25, 0.3) is 22.1 Å². The summed E-state index contributed by atoms with van der Waals surface area (Å²) in [5.74, 6) is 0.996. The molecule has 0 saturated heterocycles. The van der Waals surface area contributed by atoms with E-state index in [1.54, 1.807) is 20.1 Å². The van der Waals surface area contributed by atoms with E-state index in [9.17, 15) is 9.59 Å². The number of fused-ring (bicyclic) bond motifs is 5. The van der Waals surface area contributed by atoms with Gasteiger partial charge < -0.3 is 13.9 Å². The molecule has 2 heterocycles. The average Bonchev–Trinajstić information content (AvgIpc) is 3.10. The van der Waals surface area contributed by atoms with Crippen LogP contribution >= 0.6 is 0 Å². The number of methoxy groups -OCH3 is 1. The maximum absolute atomic E-state index is 13.5. The number of ether oxygens (including phenoxy) is 2. The Morgan fingerprint density at radius 1 is 1.19 bits per heavy atom. The molecule has 1 aliphatic heterocycles. The quantitative estimate of drug-likeness (QED) is 0.319. The van der Waals surface area contributed by atoms with E-state index in [0.717, 1.165) is 11.1 Å². The first kappa shape index (κ1) is 19.6. The van der Waals surface area contributed by atoms with Crippen molar-refractivity contribution in [1.82, 2.24) is 0 Å². The van der Waals surface area contributed by atoms with Gasteiger partial charge >= 0.3 is 5.63 Å². The van der Waals surface area contributed by atoms with Crippen molar-refractivity contribution in [3.63, 3.8) is 0 Å². The number of Topliss-reactive ketones (excluding diaryl/α,β-unsaturated/α-hetero) is 1. The Morgan fingerprint density at radius 2 is 1.90 bits per heavy atom. The molecule has 2 aliphatic rings. The Kier molecular flexibility index (Phi) is 4.16. The highest BCUT2D eigenvalue weighted by Crippen LogP contribution is 2.70. The Labute approximate surface area is 180 Å². The number of ketones is 1. The Morgan fingerprint density at radius 3 is 2.55 bits per heavy atom. The first-order chi connectivity index (χ1) is 14.8. The molecule has 5 heteroatoms. The maximum Gasteiger partial charge on any atom is 0.336 e. The summed E-state index contributed by atoms with van der Waals surface area (Å²) in [6.07, 6.45) is 1.75. The molecule has 0 N–H and O–H groups in total. The van der Waals surface area contributed by atoms with E-state index >= 15 is 0 Å². The van der Waals surface area contributed by atoms with Crippen LogP contribution in [0.1, 0.15) is 49.5 Å². The van der Waals surface area contributed by atoms with Crippen molar-refractivity contribution in [2.24, 2.45) is 5.41 Å². The monoisotopic (exact) mass is 416 g/mol. The van der Waals surface area contributed by atoms with E-state index in [0.29, 0.717) is 28.0 Å². The lowest BCUT2D eigenvalue weighted by molar-refractivity contribution is 0.103. The van der Waals surface area contributed by atoms with Gasteiger partial charge in [-0.2, -0.15) is 0 Å². The van der Waals surface area contributed by atoms with E-state index < -0.39 is 5.63 Å². The van der Waals surface area contributed by atoms with Crippen LogP contribution in [0.5, 0.6) is 11.5 Å². The zero-order valence-corrected chi connectivity index (χ0v) is 18.2. The highest BCUT2D eigenvalue weighted by molar-refractivity contribution is 6.19. The molecule has 1 saturated carbocycles. The Balaban J connectivity index is 1.97. The van der Waals surface area contributed by atoms with Crippen molar-refractivity contribution >= 4 is 16.8 Å². The highest BCUT2D eigenvalue weighted by Gasteiger charge is 2.67. The third-order valence-corrected chi connectivity index (χ3v) is 6.72. The van der Waals surface area contributed by atoms with Crippen LogP contribution in [-0.4, -0.2) is 19.0 Å². The maximum atomic E-state index is 13.5. The second-order valence-electron chi connectivity index (χ2n) is 8.84. The summed E-state index contributed by atoms with van der Waals surface area (Å²) >= 11 is 0. The number of hydrogen-bond donors (Lipinski definition) is 0. The lowest BCUT2D eigenvalue weighted by atomic mass is 9.90. The molecule has 1 fully saturated rings. The molecule has 0 amide bonds. The van der Waals surface area contributed by atoms with Crippen LogP contribution in [-0.2, 0) is 0 Å². The van der Waals surface area contributed by atoms with Gasteiger partial charge in [0, 0.05) is 28.5 Å². The highest BCUT2D eigenvalue weighted by atomic mass is 16.5. The van der Waals surface area contributed by atoms with Gasteiger partial charge in [0.05, 0.1) is 12.5 Å². The molecule has 158 valence electrons. The van der Waals surface area contributed by atoms with Gasteiger partial charge in [0.1, 0.15) is 23.2 Å². The van der Waals surface area contributed by atoms with Crippen LogP contribution in [0.3, 0.4) is 0 Å². The molecule has 0 spiro atoms. The van der Waals surface area contributed by atoms with E-state index in [4.69, 9.17) is 13.9 Å². The number of carbonyl (C=O) groups is 1. The fourth-order valence-corrected chi connectivity index (χ4v) is 4.83. The summed E-state index contributed by atoms with van der Waals surface area (Å²) in [5, 5.41) is 0.650. The first-order valence-electron chi connectivity index (χ1n) is 10.4. The lowest BCUT2D eigenvalue weighted by Gasteiger charge is -2.21. The van der Waals surface area contributed by atoms with E-state index in [1.807, 2.05) is 37.3 Å². The minimum atomic E-state index is -0.524. The van der Waals surface area contributed by atoms with Gasteiger partial charge in [0.15, 0.2) is 11.4 Å². The number of allylic oxidation sites excluding steroid dienone is 2. The van der Waals surface area contributed by atoms with Gasteiger partial charge in [-0.05, 0) is 25.0 Å². The SMILES string of the molecule is C/C=C(/C)C(=O)c1c(OC)c2c(c3c(-c4ccccc4)cc(=O)oc13)OC1C2C1(C)C. The number of carbonyl (C=O) groups excluding carboxylic acids is 1. The van der Waals surface area contributed by atoms with Gasteiger partial charge in [0.2, 0.25) is 0 Å². The number of rotatable bonds is 4. The summed E-state index contributed by atoms with van der Waals surface area (Å²) in [6.45, 7) is 7.86. The predicted molar refractivity (Wildman–Crippen MR) is 119 cm³/mol. The normalized spacial score (nSPS) is 20.7. The second-order valence-corrected chi connectivity index (χ2v) is 8.84. The molecule has 2 aromatic carbocycles. The zero-order chi connectivity index (χ0) is 22.1. The molecule has 1 aliphatic carbocycles. The van der Waals surface area contributed by atoms with E-state index in [-0.39, 0.29) is 34.4 Å². The summed E-state index contributed by atoms with van der Waals surface area (Å²) in [4.78, 5) is 26.1. The minimum absolute atomic E-state index is 0.00307. The lowest BCUT2D eigenvalue weighted by Crippen LogP contribution is -2.12. The Hall–Kier alpha value is -3.34. The third kappa shape index (κ3) is 2.62. The van der Waals surface area contributed by atoms with Gasteiger partial charge in [-0.15, -0.1) is 0 Å². The summed E-state index contributed by atoms with van der Waals surface area (Å²) < 4.78 is 17.9. The molecule has 2 atom stereocenters. The second kappa shape index (κ2) is 6.58. The molecule has 5 nitrogen and oxygen atoms in total. The van der Waals surface area contributed by atoms with Crippen molar-refractivity contribution in [1.29, 1.82) is 0 Å². The van der Waals surface area contributed by atoms with Crippen LogP contribution in [0, 0.1) is 5.41 Å². The number of benzene rings is 2. The first-order valence-corrected chi connectivity index (χ1v) is 10.4. The van der Waals surface area contributed by atoms with Crippen molar-refractivity contribution in [3.05, 3.63) is 69.6 Å². The fourth-order valence-electron chi connectivity index (χ4n) is 4.83. The molecule has 0 bridgehead atoms. The molecular weight excluding hydrogens is 392 g/mol. The molecule has 5 rings (SSSR count). The molecule has 0 radical (unpaired) electrons. The Bertz CT molecular complexity index is 1330. The smallest absolute Gasteiger partial charge is 0.336 e. The van der Waals surface area contributed by atoms with E-state index in [1.165, 1.54) is 6.07 Å². The predicted octanol–water partition coefficient (Wildman–Crippen LogP) is 5.50. The van der Waals surface area contributed by atoms with Crippen molar-refractivity contribution in [2.45, 2.75) is 39.7 Å². The van der Waals surface area contributed by atoms with E-state index in [2.05, 4.69) is 13.8 Å². The van der Waals surface area contributed by atoms with Gasteiger partial charge in [-0.1, -0.05) is 50.3 Å². The third-order valence-electron chi connectivity index (χ3n) is 6.72. The summed E-state index contributed by atoms with van der Waals surface area (Å²) in [5.41, 5.74) is 2.92. The largest absolute Gasteiger partial charge is 0.495 e. The molecule has 1 aromatic heterocycles. The van der Waals surface area contributed by atoms with Crippen LogP contribution in [0.15, 0.2) is 57.3 Å². The van der Waals surface area contributed by atoms with Crippen molar-refractivity contribution in [2.75, 3.05) is 7.11 Å². The van der Waals surface area contributed by atoms with Gasteiger partial charge in [-0.3, -0.25) is 4.79 Å². The van der Waals surface area contributed by atoms with Crippen molar-refractivity contribution in [3.8, 4) is 22.6 Å². The molecular formula is C26H24O5. The van der Waals surface area contributed by atoms with Crippen LogP contribution in [0.4, 0.5) is 0 Å². The molecule has 2 unspecified atom stereocenters. The summed E-state index contributed by atoms with van der Waals surface area (Å²) in [7, 11) is 1.55. The van der Waals surface area contributed by atoms with Crippen LogP contribution < -0.4 is 15.1 Å². The van der Waals surface area contributed by atoms with Gasteiger partial charge in [-0.25, -0.2) is 4.79 Å². The molecule has 31 heavy (non-hydrogen) atoms. The average molecular weight is 416 g/mol.